The SMILES string of the molecule is CCCCCCCCCCCCCCCCCCC(CCC)C(CC)CP. The van der Waals surface area contributed by atoms with Crippen molar-refractivity contribution in [3.63, 3.8) is 0 Å². The highest BCUT2D eigenvalue weighted by molar-refractivity contribution is 7.16. The largest absolute Gasteiger partial charge is 0.137 e. The van der Waals surface area contributed by atoms with Crippen LogP contribution in [0.3, 0.4) is 0 Å². The van der Waals surface area contributed by atoms with Crippen molar-refractivity contribution >= 4 is 9.24 Å². The maximum atomic E-state index is 2.99. The molecule has 0 N–H and O–H groups in total. The van der Waals surface area contributed by atoms with Gasteiger partial charge in [0.05, 0.1) is 0 Å². The Labute approximate surface area is 176 Å². The Morgan fingerprint density at radius 1 is 0.444 bits per heavy atom. The number of hydrogen-bond acceptors (Lipinski definition) is 0. The van der Waals surface area contributed by atoms with Crippen LogP contribution < -0.4 is 0 Å². The standard InChI is InChI=1S/C26H55P/c1-4-7-8-9-10-11-12-13-14-15-16-17-18-19-20-21-23-26(22-5-2)25(6-3)24-27/h25-26H,4-24,27H2,1-3H3. The predicted molar refractivity (Wildman–Crippen MR) is 131 cm³/mol. The minimum absolute atomic E-state index is 0.950. The predicted octanol–water partition coefficient (Wildman–Crippen LogP) is 9.96. The second kappa shape index (κ2) is 22.7. The van der Waals surface area contributed by atoms with Crippen LogP contribution in [0.25, 0.3) is 0 Å². The molecule has 0 bridgehead atoms. The summed E-state index contributed by atoms with van der Waals surface area (Å²) in [6.07, 6.45) is 30.5. The van der Waals surface area contributed by atoms with Crippen molar-refractivity contribution in [2.24, 2.45) is 11.8 Å². The molecule has 27 heavy (non-hydrogen) atoms. The van der Waals surface area contributed by atoms with Crippen LogP contribution in [0.1, 0.15) is 149 Å². The summed E-state index contributed by atoms with van der Waals surface area (Å²) in [5.74, 6) is 1.94. The minimum Gasteiger partial charge on any atom is -0.137 e. The highest BCUT2D eigenvalue weighted by Gasteiger charge is 2.16. The van der Waals surface area contributed by atoms with Gasteiger partial charge in [-0.3, -0.25) is 0 Å². The molecule has 0 aliphatic carbocycles. The molecule has 164 valence electrons. The van der Waals surface area contributed by atoms with Gasteiger partial charge >= 0.3 is 0 Å². The van der Waals surface area contributed by atoms with Crippen LogP contribution >= 0.6 is 9.24 Å². The third-order valence-electron chi connectivity index (χ3n) is 6.58. The lowest BCUT2D eigenvalue weighted by Gasteiger charge is -2.24. The van der Waals surface area contributed by atoms with Crippen molar-refractivity contribution in [3.8, 4) is 0 Å². The first-order valence-electron chi connectivity index (χ1n) is 13.0. The topological polar surface area (TPSA) is 0 Å². The summed E-state index contributed by atoms with van der Waals surface area (Å²) >= 11 is 0. The normalized spacial score (nSPS) is 13.8. The van der Waals surface area contributed by atoms with Gasteiger partial charge in [0.15, 0.2) is 0 Å². The molecular weight excluding hydrogens is 343 g/mol. The summed E-state index contributed by atoms with van der Waals surface area (Å²) in [5, 5.41) is 0. The molecule has 0 saturated carbocycles. The Balaban J connectivity index is 3.32. The van der Waals surface area contributed by atoms with Gasteiger partial charge in [0.25, 0.3) is 0 Å². The molecular formula is C26H55P. The molecule has 0 rings (SSSR count). The molecule has 0 aromatic rings. The lowest BCUT2D eigenvalue weighted by atomic mass is 9.84. The van der Waals surface area contributed by atoms with Crippen molar-refractivity contribution in [3.05, 3.63) is 0 Å². The molecule has 0 aromatic heterocycles. The zero-order valence-corrected chi connectivity index (χ0v) is 20.7. The van der Waals surface area contributed by atoms with E-state index in [0.29, 0.717) is 0 Å². The fourth-order valence-electron chi connectivity index (χ4n) is 4.63. The van der Waals surface area contributed by atoms with E-state index >= 15 is 0 Å². The Morgan fingerprint density at radius 2 is 0.852 bits per heavy atom. The van der Waals surface area contributed by atoms with Crippen LogP contribution in [0.5, 0.6) is 0 Å². The molecule has 0 fully saturated rings. The smallest absolute Gasteiger partial charge is 0.0350 e. The summed E-state index contributed by atoms with van der Waals surface area (Å²) in [7, 11) is 2.99. The molecule has 0 heterocycles. The van der Waals surface area contributed by atoms with Crippen molar-refractivity contribution < 1.29 is 0 Å². The zero-order valence-electron chi connectivity index (χ0n) is 19.6. The molecule has 1 heteroatoms. The Bertz CT molecular complexity index is 259. The molecule has 0 spiro atoms. The Morgan fingerprint density at radius 3 is 1.19 bits per heavy atom. The van der Waals surface area contributed by atoms with Gasteiger partial charge in [0.1, 0.15) is 0 Å². The van der Waals surface area contributed by atoms with Gasteiger partial charge in [-0.05, 0) is 18.0 Å². The first-order valence-corrected chi connectivity index (χ1v) is 13.8. The average molecular weight is 399 g/mol. The maximum Gasteiger partial charge on any atom is -0.0350 e. The van der Waals surface area contributed by atoms with Gasteiger partial charge in [0, 0.05) is 0 Å². The minimum atomic E-state index is 0.950. The van der Waals surface area contributed by atoms with E-state index in [1.165, 1.54) is 135 Å². The molecule has 0 radical (unpaired) electrons. The fraction of sp³-hybridized carbons (Fsp3) is 1.00. The fourth-order valence-corrected chi connectivity index (χ4v) is 5.35. The Kier molecular flexibility index (Phi) is 23.1. The molecule has 0 aliphatic rings. The molecule has 0 aliphatic heterocycles. The van der Waals surface area contributed by atoms with Gasteiger partial charge in [0.2, 0.25) is 0 Å². The Hall–Kier alpha value is 0.430. The monoisotopic (exact) mass is 398 g/mol. The summed E-state index contributed by atoms with van der Waals surface area (Å²) in [4.78, 5) is 0. The number of hydrogen-bond donors (Lipinski definition) is 0. The second-order valence-corrected chi connectivity index (χ2v) is 9.52. The first-order chi connectivity index (χ1) is 13.3. The van der Waals surface area contributed by atoms with Crippen LogP contribution in [-0.2, 0) is 0 Å². The summed E-state index contributed by atoms with van der Waals surface area (Å²) < 4.78 is 0. The zero-order chi connectivity index (χ0) is 20.0. The first kappa shape index (κ1) is 27.4. The summed E-state index contributed by atoms with van der Waals surface area (Å²) in [6, 6.07) is 0. The summed E-state index contributed by atoms with van der Waals surface area (Å²) in [5.41, 5.74) is 0. The van der Waals surface area contributed by atoms with E-state index in [4.69, 9.17) is 0 Å². The van der Waals surface area contributed by atoms with Gasteiger partial charge in [-0.15, -0.1) is 9.24 Å². The quantitative estimate of drug-likeness (QED) is 0.126. The van der Waals surface area contributed by atoms with Crippen LogP contribution in [0, 0.1) is 11.8 Å². The van der Waals surface area contributed by atoms with E-state index in [9.17, 15) is 0 Å². The van der Waals surface area contributed by atoms with Crippen molar-refractivity contribution in [2.45, 2.75) is 149 Å². The van der Waals surface area contributed by atoms with Crippen molar-refractivity contribution in [1.82, 2.24) is 0 Å². The van der Waals surface area contributed by atoms with Crippen LogP contribution in [0.4, 0.5) is 0 Å². The molecule has 0 amide bonds. The molecule has 0 aromatic carbocycles. The van der Waals surface area contributed by atoms with Crippen molar-refractivity contribution in [2.75, 3.05) is 6.16 Å². The number of rotatable bonds is 22. The van der Waals surface area contributed by atoms with Crippen LogP contribution in [0.2, 0.25) is 0 Å². The third-order valence-corrected chi connectivity index (χ3v) is 7.19. The van der Waals surface area contributed by atoms with Crippen LogP contribution in [0.15, 0.2) is 0 Å². The van der Waals surface area contributed by atoms with E-state index < -0.39 is 0 Å². The van der Waals surface area contributed by atoms with E-state index in [0.717, 1.165) is 11.8 Å². The molecule has 3 atom stereocenters. The van der Waals surface area contributed by atoms with E-state index in [1.54, 1.807) is 0 Å². The number of unbranched alkanes of at least 4 members (excludes halogenated alkanes) is 15. The van der Waals surface area contributed by atoms with Gasteiger partial charge in [-0.25, -0.2) is 0 Å². The lowest BCUT2D eigenvalue weighted by molar-refractivity contribution is 0.299. The average Bonchev–Trinajstić information content (AvgIpc) is 2.68. The van der Waals surface area contributed by atoms with E-state index in [1.807, 2.05) is 0 Å². The second-order valence-electron chi connectivity index (χ2n) is 9.04. The summed E-state index contributed by atoms with van der Waals surface area (Å²) in [6.45, 7) is 7.04. The maximum absolute atomic E-state index is 2.99. The van der Waals surface area contributed by atoms with Crippen LogP contribution in [-0.4, -0.2) is 6.16 Å². The highest BCUT2D eigenvalue weighted by Crippen LogP contribution is 2.28. The molecule has 0 nitrogen and oxygen atoms in total. The van der Waals surface area contributed by atoms with Gasteiger partial charge < -0.3 is 0 Å². The molecule has 3 unspecified atom stereocenters. The van der Waals surface area contributed by atoms with Gasteiger partial charge in [-0.2, -0.15) is 0 Å². The third kappa shape index (κ3) is 18.2. The van der Waals surface area contributed by atoms with Gasteiger partial charge in [-0.1, -0.05) is 149 Å². The molecule has 0 saturated heterocycles. The lowest BCUT2D eigenvalue weighted by Crippen LogP contribution is -2.15. The highest BCUT2D eigenvalue weighted by atomic mass is 31.0. The van der Waals surface area contributed by atoms with Crippen molar-refractivity contribution in [1.29, 1.82) is 0 Å². The van der Waals surface area contributed by atoms with E-state index in [2.05, 4.69) is 30.0 Å². The van der Waals surface area contributed by atoms with E-state index in [-0.39, 0.29) is 0 Å².